The first-order valence-corrected chi connectivity index (χ1v) is 11.7. The van der Waals surface area contributed by atoms with Crippen molar-refractivity contribution in [2.45, 2.75) is 37.6 Å². The average Bonchev–Trinajstić information content (AvgIpc) is 3.44. The largest absolute Gasteiger partial charge is 0.462 e. The summed E-state index contributed by atoms with van der Waals surface area (Å²) < 4.78 is 5.39. The first kappa shape index (κ1) is 19.2. The average molecular weight is 432 g/mol. The van der Waals surface area contributed by atoms with E-state index in [1.807, 2.05) is 19.1 Å². The molecule has 2 aromatic rings. The summed E-state index contributed by atoms with van der Waals surface area (Å²) in [6.45, 7) is 3.31. The minimum Gasteiger partial charge on any atom is -0.462 e. The lowest BCUT2D eigenvalue weighted by atomic mass is 9.70. The Balaban J connectivity index is 1.56. The van der Waals surface area contributed by atoms with E-state index in [0.717, 1.165) is 24.4 Å². The summed E-state index contributed by atoms with van der Waals surface area (Å²) in [5.41, 5.74) is 5.96. The molecule has 2 heterocycles. The number of hydrogen-bond donors (Lipinski definition) is 0. The summed E-state index contributed by atoms with van der Waals surface area (Å²) in [5.74, 6) is 1.51. The molecule has 4 aliphatic rings. The summed E-state index contributed by atoms with van der Waals surface area (Å²) in [7, 11) is 0. The molecule has 0 N–H and O–H groups in total. The third-order valence-corrected chi connectivity index (χ3v) is 7.82. The van der Waals surface area contributed by atoms with Crippen molar-refractivity contribution in [1.29, 1.82) is 0 Å². The summed E-state index contributed by atoms with van der Waals surface area (Å²) in [6.07, 6.45) is 11.5. The van der Waals surface area contributed by atoms with Crippen LogP contribution in [0.15, 0.2) is 60.7 Å². The summed E-state index contributed by atoms with van der Waals surface area (Å²) in [4.78, 5) is 15.4. The van der Waals surface area contributed by atoms with E-state index in [4.69, 9.17) is 16.3 Å². The Labute approximate surface area is 188 Å². The highest BCUT2D eigenvalue weighted by atomic mass is 35.5. The molecule has 2 aliphatic heterocycles. The Hall–Kier alpha value is -2.52. The monoisotopic (exact) mass is 431 g/mol. The number of halogens is 1. The molecule has 0 bridgehead atoms. The molecule has 2 aliphatic carbocycles. The van der Waals surface area contributed by atoms with Gasteiger partial charge in [-0.15, -0.1) is 0 Å². The molecule has 0 spiro atoms. The molecule has 4 heteroatoms. The second-order valence-electron chi connectivity index (χ2n) is 9.18. The highest BCUT2D eigenvalue weighted by Crippen LogP contribution is 2.59. The zero-order valence-electron chi connectivity index (χ0n) is 17.6. The molecular weight excluding hydrogens is 406 g/mol. The van der Waals surface area contributed by atoms with Crippen LogP contribution in [-0.4, -0.2) is 19.1 Å². The lowest BCUT2D eigenvalue weighted by Gasteiger charge is -2.51. The molecular formula is C27H26ClNO2. The smallest absolute Gasteiger partial charge is 0.338 e. The van der Waals surface area contributed by atoms with Crippen LogP contribution in [0.5, 0.6) is 0 Å². The number of rotatable bonds is 3. The summed E-state index contributed by atoms with van der Waals surface area (Å²) >= 11 is 6.22. The van der Waals surface area contributed by atoms with Gasteiger partial charge in [0.25, 0.3) is 0 Å². The maximum atomic E-state index is 12.7. The number of carbonyl (C=O) groups excluding carboxylic acids is 1. The van der Waals surface area contributed by atoms with E-state index in [2.05, 4.69) is 53.5 Å². The topological polar surface area (TPSA) is 29.5 Å². The highest BCUT2D eigenvalue weighted by Gasteiger charge is 2.48. The summed E-state index contributed by atoms with van der Waals surface area (Å²) in [5, 5.41) is 0.777. The van der Waals surface area contributed by atoms with Crippen LogP contribution in [0.2, 0.25) is 5.02 Å². The maximum absolute atomic E-state index is 12.7. The Morgan fingerprint density at radius 1 is 1.06 bits per heavy atom. The van der Waals surface area contributed by atoms with Crippen molar-refractivity contribution in [1.82, 2.24) is 0 Å². The summed E-state index contributed by atoms with van der Waals surface area (Å²) in [6, 6.07) is 12.9. The van der Waals surface area contributed by atoms with Crippen molar-refractivity contribution in [2.24, 2.45) is 11.8 Å². The van der Waals surface area contributed by atoms with Crippen LogP contribution in [0.4, 0.5) is 5.69 Å². The fourth-order valence-electron chi connectivity index (χ4n) is 6.35. The standard InChI is InChI=1S/C27H26ClNO2/c1-2-31-27(30)18-13-23-20-6-3-5-17(20)15-29-25(16-9-11-19(28)12-10-16)22-8-4-7-21(22)24(14-18)26(23)29/h3-4,6-7,9-14,17,20-22,25H,2,5,8,15H2,1H3/t17-,20-,21-,22+,25+/m1/s1. The number of carbonyl (C=O) groups is 1. The van der Waals surface area contributed by atoms with Crippen LogP contribution in [-0.2, 0) is 4.74 Å². The number of ether oxygens (including phenoxy) is 1. The molecule has 0 amide bonds. The lowest BCUT2D eigenvalue weighted by molar-refractivity contribution is 0.0526. The third kappa shape index (κ3) is 2.90. The number of anilines is 1. The highest BCUT2D eigenvalue weighted by molar-refractivity contribution is 6.30. The van der Waals surface area contributed by atoms with Crippen molar-refractivity contribution in [3.63, 3.8) is 0 Å². The van der Waals surface area contributed by atoms with E-state index in [1.165, 1.54) is 22.4 Å². The van der Waals surface area contributed by atoms with Gasteiger partial charge < -0.3 is 9.64 Å². The fraction of sp³-hybridized carbons (Fsp3) is 0.370. The molecule has 31 heavy (non-hydrogen) atoms. The van der Waals surface area contributed by atoms with Gasteiger partial charge in [0.1, 0.15) is 0 Å². The van der Waals surface area contributed by atoms with Gasteiger partial charge in [-0.2, -0.15) is 0 Å². The number of esters is 1. The second kappa shape index (κ2) is 7.27. The van der Waals surface area contributed by atoms with Crippen molar-refractivity contribution < 1.29 is 9.53 Å². The number of nitrogens with zero attached hydrogens (tertiary/aromatic N) is 1. The molecule has 0 saturated carbocycles. The quantitative estimate of drug-likeness (QED) is 0.415. The first-order chi connectivity index (χ1) is 15.2. The van der Waals surface area contributed by atoms with Crippen LogP contribution < -0.4 is 4.90 Å². The fourth-order valence-corrected chi connectivity index (χ4v) is 6.47. The minimum atomic E-state index is -0.212. The molecule has 0 unspecified atom stereocenters. The zero-order chi connectivity index (χ0) is 21.1. The van der Waals surface area contributed by atoms with E-state index in [1.54, 1.807) is 0 Å². The van der Waals surface area contributed by atoms with E-state index >= 15 is 0 Å². The van der Waals surface area contributed by atoms with Crippen molar-refractivity contribution in [2.75, 3.05) is 18.1 Å². The second-order valence-corrected chi connectivity index (χ2v) is 9.61. The van der Waals surface area contributed by atoms with Gasteiger partial charge in [-0.25, -0.2) is 4.79 Å². The van der Waals surface area contributed by atoms with Gasteiger partial charge in [0.15, 0.2) is 0 Å². The van der Waals surface area contributed by atoms with Crippen molar-refractivity contribution in [3.05, 3.63) is 88.0 Å². The Morgan fingerprint density at radius 2 is 1.77 bits per heavy atom. The van der Waals surface area contributed by atoms with E-state index in [0.29, 0.717) is 41.9 Å². The maximum Gasteiger partial charge on any atom is 0.338 e. The van der Waals surface area contributed by atoms with Gasteiger partial charge in [-0.3, -0.25) is 0 Å². The zero-order valence-corrected chi connectivity index (χ0v) is 18.4. The van der Waals surface area contributed by atoms with Gasteiger partial charge >= 0.3 is 5.97 Å². The lowest BCUT2D eigenvalue weighted by Crippen LogP contribution is -2.46. The van der Waals surface area contributed by atoms with E-state index in [-0.39, 0.29) is 5.97 Å². The van der Waals surface area contributed by atoms with Crippen LogP contribution in [0.25, 0.3) is 0 Å². The Morgan fingerprint density at radius 3 is 2.55 bits per heavy atom. The van der Waals surface area contributed by atoms with Gasteiger partial charge in [0.05, 0.1) is 18.2 Å². The third-order valence-electron chi connectivity index (χ3n) is 7.57. The SMILES string of the molecule is CCOC(=O)c1cc2c3c(c1)[C@@H]1C=CC[C@@H]1[C@H](c1ccc(Cl)cc1)N3C[C@H]1CC=C[C@@H]21. The van der Waals surface area contributed by atoms with Crippen LogP contribution in [0.3, 0.4) is 0 Å². The van der Waals surface area contributed by atoms with Crippen molar-refractivity contribution in [3.8, 4) is 0 Å². The van der Waals surface area contributed by atoms with Crippen molar-refractivity contribution >= 4 is 23.3 Å². The number of fused-ring (bicyclic) bond motifs is 4. The first-order valence-electron chi connectivity index (χ1n) is 11.4. The molecule has 5 atom stereocenters. The molecule has 3 nitrogen and oxygen atoms in total. The van der Waals surface area contributed by atoms with Crippen LogP contribution >= 0.6 is 11.6 Å². The number of benzene rings is 2. The predicted octanol–water partition coefficient (Wildman–Crippen LogP) is 6.41. The van der Waals surface area contributed by atoms with Gasteiger partial charge in [-0.05, 0) is 72.6 Å². The van der Waals surface area contributed by atoms with E-state index in [9.17, 15) is 4.79 Å². The minimum absolute atomic E-state index is 0.212. The molecule has 0 aromatic heterocycles. The van der Waals surface area contributed by atoms with E-state index < -0.39 is 0 Å². The molecule has 158 valence electrons. The van der Waals surface area contributed by atoms with Gasteiger partial charge in [-0.1, -0.05) is 48.0 Å². The Kier molecular flexibility index (Phi) is 4.50. The molecule has 0 saturated heterocycles. The molecule has 0 fully saturated rings. The van der Waals surface area contributed by atoms with Gasteiger partial charge in [0.2, 0.25) is 0 Å². The molecule has 0 radical (unpaired) electrons. The number of hydrogen-bond acceptors (Lipinski definition) is 3. The predicted molar refractivity (Wildman–Crippen MR) is 124 cm³/mol. The molecule has 2 aromatic carbocycles. The molecule has 6 rings (SSSR count). The Bertz CT molecular complexity index is 1090. The van der Waals surface area contributed by atoms with Gasteiger partial charge in [0, 0.05) is 29.1 Å². The normalized spacial score (nSPS) is 29.5. The van der Waals surface area contributed by atoms with Crippen LogP contribution in [0.1, 0.15) is 64.7 Å². The number of allylic oxidation sites excluding steroid dienone is 4. The van der Waals surface area contributed by atoms with Crippen LogP contribution in [0, 0.1) is 11.8 Å².